The number of alkyl halides is 1. The topological polar surface area (TPSA) is 16.1 Å². The van der Waals surface area contributed by atoms with Crippen molar-refractivity contribution in [1.82, 2.24) is 4.98 Å². The Bertz CT molecular complexity index is 343. The summed E-state index contributed by atoms with van der Waals surface area (Å²) in [5, 5.41) is 0. The number of pyridine rings is 1. The first-order valence-corrected chi connectivity index (χ1v) is 4.49. The summed E-state index contributed by atoms with van der Waals surface area (Å²) in [7, 11) is 0. The normalized spacial score (nSPS) is 23.4. The summed E-state index contributed by atoms with van der Waals surface area (Å²) in [4.78, 5) is 6.01. The number of hydrogen-bond acceptors (Lipinski definition) is 2. The van der Waals surface area contributed by atoms with Gasteiger partial charge >= 0.3 is 0 Å². The van der Waals surface area contributed by atoms with Crippen molar-refractivity contribution in [2.24, 2.45) is 0 Å². The van der Waals surface area contributed by atoms with Crippen LogP contribution in [0, 0.1) is 6.92 Å². The number of aryl methyl sites for hydroxylation is 1. The molecule has 2 nitrogen and oxygen atoms in total. The molecule has 13 heavy (non-hydrogen) atoms. The van der Waals surface area contributed by atoms with Gasteiger partial charge in [-0.1, -0.05) is 6.07 Å². The molecule has 70 valence electrons. The zero-order valence-electron chi connectivity index (χ0n) is 8.63. The summed E-state index contributed by atoms with van der Waals surface area (Å²) in [6, 6.07) is 2.15. The van der Waals surface area contributed by atoms with E-state index in [1.165, 1.54) is 0 Å². The molecule has 1 aromatic rings. The zero-order valence-corrected chi connectivity index (χ0v) is 7.63. The zero-order chi connectivity index (χ0) is 10.1. The van der Waals surface area contributed by atoms with Gasteiger partial charge in [-0.25, -0.2) is 9.37 Å². The monoisotopic (exact) mass is 182 g/mol. The van der Waals surface area contributed by atoms with Gasteiger partial charge in [-0.3, -0.25) is 0 Å². The first-order valence-electron chi connectivity index (χ1n) is 4.99. The summed E-state index contributed by atoms with van der Waals surface area (Å²) in [5.74, 6) is 0.607. The summed E-state index contributed by atoms with van der Waals surface area (Å²) >= 11 is 0. The molecule has 1 aromatic heterocycles. The van der Waals surface area contributed by atoms with E-state index < -0.39 is 6.17 Å². The van der Waals surface area contributed by atoms with Gasteiger partial charge in [0, 0.05) is 12.7 Å². The molecule has 1 atom stereocenters. The third-order valence-corrected chi connectivity index (χ3v) is 2.25. The van der Waals surface area contributed by atoms with E-state index in [9.17, 15) is 4.39 Å². The highest BCUT2D eigenvalue weighted by atomic mass is 19.1. The maximum atomic E-state index is 12.9. The standard InChI is InChI=1S/C10H13FN2/c1-8-2-3-10(12-6-8)13-5-4-9(11)7-13/h2-3,6,9H,4-5,7H2,1H3/t9-/m0/s1/i3T. The lowest BCUT2D eigenvalue weighted by Gasteiger charge is -2.15. The molecular formula is C10H13FN2. The van der Waals surface area contributed by atoms with E-state index in [0.717, 1.165) is 5.56 Å². The Morgan fingerprint density at radius 2 is 2.62 bits per heavy atom. The lowest BCUT2D eigenvalue weighted by molar-refractivity contribution is 0.364. The minimum atomic E-state index is -0.766. The van der Waals surface area contributed by atoms with Crippen molar-refractivity contribution in [3.05, 3.63) is 23.9 Å². The molecule has 0 saturated carbocycles. The van der Waals surface area contributed by atoms with Crippen LogP contribution in [0.5, 0.6) is 0 Å². The minimum Gasteiger partial charge on any atom is -0.354 e. The first kappa shape index (κ1) is 7.30. The Morgan fingerprint density at radius 3 is 3.23 bits per heavy atom. The summed E-state index contributed by atoms with van der Waals surface area (Å²) in [5.41, 5.74) is 0.967. The second-order valence-corrected chi connectivity index (χ2v) is 3.45. The first-order chi connectivity index (χ1) is 6.66. The summed E-state index contributed by atoms with van der Waals surface area (Å²) in [6.45, 7) is 2.95. The van der Waals surface area contributed by atoms with E-state index in [-0.39, 0.29) is 0 Å². The van der Waals surface area contributed by atoms with E-state index in [1.54, 1.807) is 12.3 Å². The lowest BCUT2D eigenvalue weighted by Crippen LogP contribution is -2.20. The van der Waals surface area contributed by atoms with Crippen molar-refractivity contribution < 1.29 is 5.76 Å². The maximum Gasteiger partial charge on any atom is 0.128 e. The van der Waals surface area contributed by atoms with Gasteiger partial charge < -0.3 is 4.90 Å². The second kappa shape index (κ2) is 3.32. The Balaban J connectivity index is 2.24. The smallest absolute Gasteiger partial charge is 0.128 e. The van der Waals surface area contributed by atoms with Gasteiger partial charge in [-0.05, 0) is 25.0 Å². The van der Waals surface area contributed by atoms with E-state index in [0.29, 0.717) is 31.4 Å². The highest BCUT2D eigenvalue weighted by Gasteiger charge is 2.22. The minimum absolute atomic E-state index is 0.377. The lowest BCUT2D eigenvalue weighted by atomic mass is 10.3. The molecule has 2 heterocycles. The van der Waals surface area contributed by atoms with Crippen molar-refractivity contribution >= 4 is 5.82 Å². The van der Waals surface area contributed by atoms with Crippen molar-refractivity contribution in [3.8, 4) is 0 Å². The van der Waals surface area contributed by atoms with Crippen molar-refractivity contribution in [3.63, 3.8) is 0 Å². The van der Waals surface area contributed by atoms with E-state index in [4.69, 9.17) is 1.37 Å². The maximum absolute atomic E-state index is 12.9. The number of aromatic nitrogens is 1. The molecule has 0 N–H and O–H groups in total. The highest BCUT2D eigenvalue weighted by molar-refractivity contribution is 5.40. The van der Waals surface area contributed by atoms with Crippen LogP contribution in [0.4, 0.5) is 10.2 Å². The second-order valence-electron chi connectivity index (χ2n) is 3.45. The Kier molecular flexibility index (Phi) is 1.87. The summed E-state index contributed by atoms with van der Waals surface area (Å²) in [6.07, 6.45) is 1.51. The molecule has 1 saturated heterocycles. The van der Waals surface area contributed by atoms with E-state index >= 15 is 0 Å². The fraction of sp³-hybridized carbons (Fsp3) is 0.500. The number of halogens is 1. The van der Waals surface area contributed by atoms with Crippen LogP contribution in [0.2, 0.25) is 0 Å². The van der Waals surface area contributed by atoms with Gasteiger partial charge in [0.2, 0.25) is 0 Å². The number of hydrogen-bond donors (Lipinski definition) is 0. The third kappa shape index (κ3) is 1.79. The van der Waals surface area contributed by atoms with Crippen molar-refractivity contribution in [2.75, 3.05) is 18.0 Å². The number of anilines is 1. The van der Waals surface area contributed by atoms with Crippen LogP contribution in [0.1, 0.15) is 13.4 Å². The predicted molar refractivity (Wildman–Crippen MR) is 50.7 cm³/mol. The van der Waals surface area contributed by atoms with Crippen LogP contribution in [0.25, 0.3) is 0 Å². The molecule has 3 heteroatoms. The molecule has 1 fully saturated rings. The highest BCUT2D eigenvalue weighted by Crippen LogP contribution is 2.19. The molecule has 0 amide bonds. The Hall–Kier alpha value is -1.12. The largest absolute Gasteiger partial charge is 0.354 e. The molecular weight excluding hydrogens is 167 g/mol. The molecule has 1 aliphatic rings. The number of nitrogens with zero attached hydrogens (tertiary/aromatic N) is 2. The van der Waals surface area contributed by atoms with Crippen LogP contribution in [-0.4, -0.2) is 24.2 Å². The van der Waals surface area contributed by atoms with Gasteiger partial charge in [-0.2, -0.15) is 0 Å². The van der Waals surface area contributed by atoms with E-state index in [2.05, 4.69) is 4.98 Å². The Labute approximate surface area is 78.8 Å². The average Bonchev–Trinajstić information content (AvgIpc) is 2.51. The molecule has 0 radical (unpaired) electrons. The fourth-order valence-electron chi connectivity index (χ4n) is 1.50. The fourth-order valence-corrected chi connectivity index (χ4v) is 1.50. The molecule has 2 rings (SSSR count). The van der Waals surface area contributed by atoms with Gasteiger partial charge in [0.15, 0.2) is 0 Å². The molecule has 1 aliphatic heterocycles. The van der Waals surface area contributed by atoms with Crippen LogP contribution in [0.3, 0.4) is 0 Å². The van der Waals surface area contributed by atoms with Gasteiger partial charge in [0.25, 0.3) is 0 Å². The van der Waals surface area contributed by atoms with E-state index in [1.807, 2.05) is 11.8 Å². The van der Waals surface area contributed by atoms with Crippen LogP contribution >= 0.6 is 0 Å². The van der Waals surface area contributed by atoms with Crippen molar-refractivity contribution in [2.45, 2.75) is 19.5 Å². The van der Waals surface area contributed by atoms with Gasteiger partial charge in [0.05, 0.1) is 7.92 Å². The molecule has 0 spiro atoms. The molecule has 0 bridgehead atoms. The Morgan fingerprint density at radius 1 is 1.77 bits per heavy atom. The SMILES string of the molecule is [3H]c1cc(C)cnc1N1CC[C@H](F)C1. The van der Waals surface area contributed by atoms with Crippen LogP contribution < -0.4 is 4.90 Å². The van der Waals surface area contributed by atoms with Gasteiger partial charge in [-0.15, -0.1) is 0 Å². The average molecular weight is 182 g/mol. The van der Waals surface area contributed by atoms with Crippen molar-refractivity contribution in [1.29, 1.82) is 0 Å². The van der Waals surface area contributed by atoms with Crippen LogP contribution in [-0.2, 0) is 0 Å². The quantitative estimate of drug-likeness (QED) is 0.659. The molecule has 0 unspecified atom stereocenters. The van der Waals surface area contributed by atoms with Crippen LogP contribution in [0.15, 0.2) is 18.3 Å². The summed E-state index contributed by atoms with van der Waals surface area (Å²) < 4.78 is 20.7. The number of rotatable bonds is 1. The molecule has 0 aliphatic carbocycles. The third-order valence-electron chi connectivity index (χ3n) is 2.25. The molecule has 0 aromatic carbocycles. The predicted octanol–water partition coefficient (Wildman–Crippen LogP) is 1.94. The van der Waals surface area contributed by atoms with Gasteiger partial charge in [0.1, 0.15) is 12.0 Å².